The number of hydrogen-bond acceptors (Lipinski definition) is 4. The van der Waals surface area contributed by atoms with E-state index in [2.05, 4.69) is 11.1 Å². The summed E-state index contributed by atoms with van der Waals surface area (Å²) >= 11 is 0. The lowest BCUT2D eigenvalue weighted by Crippen LogP contribution is -2.50. The van der Waals surface area contributed by atoms with E-state index in [1.165, 1.54) is 4.90 Å². The standard InChI is InChI=1S/C31H31N3O4/c1-21-15-23(13-14-29(21)38-2)18-33-20-32-26-19-34(28(31(36)37)17-27(26)33)30(35)25(24-11-7-4-8-12-24)16-22-9-5-3-6-10-22/h3-15,20,25,28H,16-19H2,1-2H3,(H,36,37)/t25?,28-/m0/s1. The van der Waals surface area contributed by atoms with Crippen LogP contribution in [0.4, 0.5) is 0 Å². The molecule has 1 N–H and O–H groups in total. The molecule has 4 aromatic rings. The Bertz CT molecular complexity index is 1430. The summed E-state index contributed by atoms with van der Waals surface area (Å²) in [5.41, 5.74) is 5.60. The minimum absolute atomic E-state index is 0.165. The van der Waals surface area contributed by atoms with E-state index in [1.54, 1.807) is 13.4 Å². The Labute approximate surface area is 222 Å². The lowest BCUT2D eigenvalue weighted by molar-refractivity contribution is -0.152. The molecule has 0 saturated heterocycles. The number of hydrogen-bond donors (Lipinski definition) is 1. The zero-order chi connectivity index (χ0) is 26.6. The minimum Gasteiger partial charge on any atom is -0.496 e. The molecule has 2 heterocycles. The van der Waals surface area contributed by atoms with Crippen molar-refractivity contribution in [2.24, 2.45) is 0 Å². The van der Waals surface area contributed by atoms with Crippen molar-refractivity contribution < 1.29 is 19.4 Å². The van der Waals surface area contributed by atoms with Crippen LogP contribution in [0.15, 0.2) is 85.2 Å². The number of fused-ring (bicyclic) bond motifs is 1. The van der Waals surface area contributed by atoms with E-state index in [1.807, 2.05) is 84.3 Å². The van der Waals surface area contributed by atoms with Crippen LogP contribution >= 0.6 is 0 Å². The molecule has 1 aromatic heterocycles. The third-order valence-corrected chi connectivity index (χ3v) is 7.28. The summed E-state index contributed by atoms with van der Waals surface area (Å²) in [5, 5.41) is 10.2. The molecule has 38 heavy (non-hydrogen) atoms. The van der Waals surface area contributed by atoms with Crippen molar-refractivity contribution in [1.29, 1.82) is 0 Å². The molecule has 0 bridgehead atoms. The molecule has 3 aromatic carbocycles. The van der Waals surface area contributed by atoms with E-state index in [4.69, 9.17) is 4.74 Å². The van der Waals surface area contributed by atoms with Crippen molar-refractivity contribution in [3.05, 3.63) is 119 Å². The third kappa shape index (κ3) is 5.18. The number of carboxylic acids is 1. The third-order valence-electron chi connectivity index (χ3n) is 7.28. The minimum atomic E-state index is -1.01. The van der Waals surface area contributed by atoms with E-state index in [0.29, 0.717) is 13.0 Å². The zero-order valence-corrected chi connectivity index (χ0v) is 21.6. The average Bonchev–Trinajstić information content (AvgIpc) is 3.33. The summed E-state index contributed by atoms with van der Waals surface area (Å²) < 4.78 is 7.36. The van der Waals surface area contributed by atoms with Gasteiger partial charge in [0.05, 0.1) is 31.6 Å². The maximum absolute atomic E-state index is 14.0. The SMILES string of the molecule is COc1ccc(Cn2cnc3c2C[C@@H](C(=O)O)N(C(=O)C(Cc2ccccc2)c2ccccc2)C3)cc1C. The largest absolute Gasteiger partial charge is 0.496 e. The van der Waals surface area contributed by atoms with E-state index in [0.717, 1.165) is 39.4 Å². The molecule has 0 saturated carbocycles. The number of carbonyl (C=O) groups excluding carboxylic acids is 1. The molecule has 1 aliphatic heterocycles. The van der Waals surface area contributed by atoms with Crippen molar-refractivity contribution in [3.8, 4) is 5.75 Å². The first-order chi connectivity index (χ1) is 18.4. The maximum atomic E-state index is 14.0. The molecule has 0 fully saturated rings. The number of benzene rings is 3. The highest BCUT2D eigenvalue weighted by Gasteiger charge is 2.39. The summed E-state index contributed by atoms with van der Waals surface area (Å²) in [6, 6.07) is 24.5. The first kappa shape index (κ1) is 25.3. The fourth-order valence-electron chi connectivity index (χ4n) is 5.29. The van der Waals surface area contributed by atoms with Crippen LogP contribution in [-0.2, 0) is 35.5 Å². The number of ether oxygens (including phenoxy) is 1. The second-order valence-corrected chi connectivity index (χ2v) is 9.75. The molecule has 194 valence electrons. The van der Waals surface area contributed by atoms with Gasteiger partial charge in [-0.15, -0.1) is 0 Å². The molecule has 0 spiro atoms. The molecule has 7 heteroatoms. The van der Waals surface area contributed by atoms with Gasteiger partial charge in [0.2, 0.25) is 5.91 Å². The van der Waals surface area contributed by atoms with E-state index >= 15 is 0 Å². The summed E-state index contributed by atoms with van der Waals surface area (Å²) in [5.74, 6) is -0.877. The summed E-state index contributed by atoms with van der Waals surface area (Å²) in [7, 11) is 1.65. The molecule has 1 amide bonds. The number of aliphatic carboxylic acids is 1. The predicted molar refractivity (Wildman–Crippen MR) is 144 cm³/mol. The fraction of sp³-hybridized carbons (Fsp3) is 0.258. The number of amides is 1. The highest BCUT2D eigenvalue weighted by atomic mass is 16.5. The van der Waals surface area contributed by atoms with E-state index in [-0.39, 0.29) is 18.9 Å². The first-order valence-corrected chi connectivity index (χ1v) is 12.7. The van der Waals surface area contributed by atoms with Gasteiger partial charge >= 0.3 is 5.97 Å². The monoisotopic (exact) mass is 509 g/mol. The Kier molecular flexibility index (Phi) is 7.26. The second-order valence-electron chi connectivity index (χ2n) is 9.75. The number of rotatable bonds is 8. The Morgan fingerprint density at radius 2 is 1.74 bits per heavy atom. The van der Waals surface area contributed by atoms with Gasteiger partial charge in [-0.05, 0) is 41.7 Å². The number of carbonyl (C=O) groups is 2. The number of carboxylic acid groups (broad SMARTS) is 1. The Morgan fingerprint density at radius 3 is 2.39 bits per heavy atom. The molecule has 1 aliphatic rings. The van der Waals surface area contributed by atoms with Crippen LogP contribution in [0, 0.1) is 6.92 Å². The number of aromatic nitrogens is 2. The van der Waals surface area contributed by atoms with Crippen LogP contribution < -0.4 is 4.74 Å². The van der Waals surface area contributed by atoms with Crippen LogP contribution in [0.3, 0.4) is 0 Å². The summed E-state index contributed by atoms with van der Waals surface area (Å²) in [6.07, 6.45) is 2.44. The van der Waals surface area contributed by atoms with Gasteiger partial charge in [-0.25, -0.2) is 9.78 Å². The summed E-state index contributed by atoms with van der Waals surface area (Å²) in [6.45, 7) is 2.72. The number of nitrogens with zero attached hydrogens (tertiary/aromatic N) is 3. The lowest BCUT2D eigenvalue weighted by atomic mass is 9.89. The molecular formula is C31H31N3O4. The smallest absolute Gasteiger partial charge is 0.326 e. The van der Waals surface area contributed by atoms with Gasteiger partial charge in [-0.2, -0.15) is 0 Å². The first-order valence-electron chi connectivity index (χ1n) is 12.7. The second kappa shape index (κ2) is 10.9. The highest BCUT2D eigenvalue weighted by molar-refractivity contribution is 5.89. The molecule has 0 aliphatic carbocycles. The normalized spacial score (nSPS) is 15.5. The van der Waals surface area contributed by atoms with Gasteiger partial charge in [0, 0.05) is 18.7 Å². The van der Waals surface area contributed by atoms with Gasteiger partial charge in [-0.1, -0.05) is 72.8 Å². The predicted octanol–water partition coefficient (Wildman–Crippen LogP) is 4.61. The number of aryl methyl sites for hydroxylation is 1. The van der Waals surface area contributed by atoms with Crippen molar-refractivity contribution >= 4 is 11.9 Å². The number of imidazole rings is 1. The molecular weight excluding hydrogens is 478 g/mol. The Balaban J connectivity index is 1.44. The summed E-state index contributed by atoms with van der Waals surface area (Å²) in [4.78, 5) is 32.6. The maximum Gasteiger partial charge on any atom is 0.326 e. The van der Waals surface area contributed by atoms with Crippen LogP contribution in [0.2, 0.25) is 0 Å². The van der Waals surface area contributed by atoms with Crippen LogP contribution in [0.1, 0.15) is 39.6 Å². The molecule has 7 nitrogen and oxygen atoms in total. The fourth-order valence-corrected chi connectivity index (χ4v) is 5.29. The lowest BCUT2D eigenvalue weighted by Gasteiger charge is -2.35. The van der Waals surface area contributed by atoms with Gasteiger partial charge in [-0.3, -0.25) is 4.79 Å². The van der Waals surface area contributed by atoms with Crippen LogP contribution in [0.5, 0.6) is 5.75 Å². The van der Waals surface area contributed by atoms with Crippen LogP contribution in [-0.4, -0.2) is 44.6 Å². The van der Waals surface area contributed by atoms with Gasteiger partial charge in [0.25, 0.3) is 0 Å². The van der Waals surface area contributed by atoms with Crippen LogP contribution in [0.25, 0.3) is 0 Å². The quantitative estimate of drug-likeness (QED) is 0.375. The van der Waals surface area contributed by atoms with Crippen molar-refractivity contribution in [1.82, 2.24) is 14.5 Å². The number of methoxy groups -OCH3 is 1. The van der Waals surface area contributed by atoms with Crippen molar-refractivity contribution in [2.45, 2.75) is 44.8 Å². The van der Waals surface area contributed by atoms with E-state index in [9.17, 15) is 14.7 Å². The van der Waals surface area contributed by atoms with Gasteiger partial charge in [0.15, 0.2) is 0 Å². The molecule has 0 radical (unpaired) electrons. The Morgan fingerprint density at radius 1 is 1.03 bits per heavy atom. The average molecular weight is 510 g/mol. The zero-order valence-electron chi connectivity index (χ0n) is 21.6. The Hall–Kier alpha value is -4.39. The van der Waals surface area contributed by atoms with Crippen molar-refractivity contribution in [3.63, 3.8) is 0 Å². The molecule has 5 rings (SSSR count). The van der Waals surface area contributed by atoms with Crippen molar-refractivity contribution in [2.75, 3.05) is 7.11 Å². The van der Waals surface area contributed by atoms with E-state index < -0.39 is 17.9 Å². The molecule has 1 unspecified atom stereocenters. The molecule has 2 atom stereocenters. The van der Waals surface area contributed by atoms with Gasteiger partial charge in [0.1, 0.15) is 11.8 Å². The van der Waals surface area contributed by atoms with Gasteiger partial charge < -0.3 is 19.3 Å². The highest BCUT2D eigenvalue weighted by Crippen LogP contribution is 2.30. The topological polar surface area (TPSA) is 84.7 Å².